The molecule has 0 saturated heterocycles. The molecule has 0 aliphatic heterocycles. The number of anilines is 1. The molecule has 0 bridgehead atoms. The van der Waals surface area contributed by atoms with Crippen LogP contribution in [-0.4, -0.2) is 26.0 Å². The van der Waals surface area contributed by atoms with Gasteiger partial charge in [-0.3, -0.25) is 0 Å². The van der Waals surface area contributed by atoms with Gasteiger partial charge in [0, 0.05) is 16.3 Å². The van der Waals surface area contributed by atoms with Gasteiger partial charge >= 0.3 is 0 Å². The summed E-state index contributed by atoms with van der Waals surface area (Å²) in [7, 11) is -3.34. The summed E-state index contributed by atoms with van der Waals surface area (Å²) >= 11 is 1.46. The van der Waals surface area contributed by atoms with Gasteiger partial charge in [0.15, 0.2) is 0 Å². The summed E-state index contributed by atoms with van der Waals surface area (Å²) in [5.74, 6) is 2.96. The van der Waals surface area contributed by atoms with Crippen LogP contribution in [0, 0.1) is 12.3 Å². The van der Waals surface area contributed by atoms with Gasteiger partial charge in [-0.15, -0.1) is 18.2 Å². The highest BCUT2D eigenvalue weighted by Crippen LogP contribution is 2.20. The van der Waals surface area contributed by atoms with Crippen molar-refractivity contribution in [2.24, 2.45) is 0 Å². The van der Waals surface area contributed by atoms with E-state index in [1.54, 1.807) is 6.07 Å². The molecule has 0 fully saturated rings. The average molecular weight is 312 g/mol. The molecule has 1 atom stereocenters. The summed E-state index contributed by atoms with van der Waals surface area (Å²) in [5.41, 5.74) is 6.34. The van der Waals surface area contributed by atoms with E-state index in [0.717, 1.165) is 11.3 Å². The van der Waals surface area contributed by atoms with Crippen LogP contribution in [0.1, 0.15) is 19.8 Å². The molecular formula is C14H20N2O2S2. The minimum atomic E-state index is -3.34. The molecule has 0 spiro atoms. The molecule has 1 rings (SSSR count). The lowest BCUT2D eigenvalue weighted by molar-refractivity contribution is 0.566. The molecule has 0 radical (unpaired) electrons. The van der Waals surface area contributed by atoms with E-state index in [0.29, 0.717) is 17.9 Å². The largest absolute Gasteiger partial charge is 0.399 e. The van der Waals surface area contributed by atoms with Crippen molar-refractivity contribution in [2.75, 3.05) is 17.2 Å². The fraction of sp³-hybridized carbons (Fsp3) is 0.429. The Bertz CT molecular complexity index is 565. The second-order valence-corrected chi connectivity index (χ2v) is 7.41. The number of benzene rings is 1. The summed E-state index contributed by atoms with van der Waals surface area (Å²) in [6, 6.07) is 6.96. The highest BCUT2D eigenvalue weighted by atomic mass is 32.2. The smallest absolute Gasteiger partial charge is 0.213 e. The van der Waals surface area contributed by atoms with Crippen LogP contribution in [0.5, 0.6) is 0 Å². The normalized spacial score (nSPS) is 12.8. The fourth-order valence-electron chi connectivity index (χ4n) is 1.61. The second kappa shape index (κ2) is 8.20. The molecule has 6 heteroatoms. The second-order valence-electron chi connectivity index (χ2n) is 4.37. The highest BCUT2D eigenvalue weighted by molar-refractivity contribution is 8.00. The van der Waals surface area contributed by atoms with Crippen molar-refractivity contribution < 1.29 is 8.42 Å². The molecule has 0 aliphatic carbocycles. The molecule has 0 aromatic heterocycles. The number of nitrogens with one attached hydrogen (secondary N) is 1. The van der Waals surface area contributed by atoms with E-state index in [2.05, 4.69) is 10.6 Å². The Kier molecular flexibility index (Phi) is 6.93. The van der Waals surface area contributed by atoms with E-state index in [9.17, 15) is 8.42 Å². The summed E-state index contributed by atoms with van der Waals surface area (Å²) in [5, 5.41) is 0. The highest BCUT2D eigenvalue weighted by Gasteiger charge is 2.15. The van der Waals surface area contributed by atoms with Gasteiger partial charge in [0.1, 0.15) is 0 Å². The molecule has 3 N–H and O–H groups in total. The maximum atomic E-state index is 11.9. The summed E-state index contributed by atoms with van der Waals surface area (Å²) < 4.78 is 26.3. The third kappa shape index (κ3) is 6.33. The minimum absolute atomic E-state index is 0.0361. The van der Waals surface area contributed by atoms with Gasteiger partial charge in [0.25, 0.3) is 0 Å². The van der Waals surface area contributed by atoms with Gasteiger partial charge in [0.05, 0.1) is 11.8 Å². The number of thioether (sulfide) groups is 1. The molecule has 0 heterocycles. The quantitative estimate of drug-likeness (QED) is 0.438. The Labute approximate surface area is 125 Å². The van der Waals surface area contributed by atoms with Crippen molar-refractivity contribution in [3.05, 3.63) is 24.3 Å². The van der Waals surface area contributed by atoms with Crippen LogP contribution in [-0.2, 0) is 10.0 Å². The maximum Gasteiger partial charge on any atom is 0.213 e. The Morgan fingerprint density at radius 1 is 1.50 bits per heavy atom. The predicted molar refractivity (Wildman–Crippen MR) is 86.0 cm³/mol. The summed E-state index contributed by atoms with van der Waals surface area (Å²) in [6.07, 6.45) is 6.80. The molecule has 1 aromatic rings. The van der Waals surface area contributed by atoms with E-state index >= 15 is 0 Å². The van der Waals surface area contributed by atoms with Crippen molar-refractivity contribution in [2.45, 2.75) is 30.7 Å². The van der Waals surface area contributed by atoms with Gasteiger partial charge in [0.2, 0.25) is 10.0 Å². The molecule has 4 nitrogen and oxygen atoms in total. The third-order valence-corrected chi connectivity index (χ3v) is 5.22. The zero-order valence-corrected chi connectivity index (χ0v) is 13.1. The number of nitrogens with two attached hydrogens (primary N) is 1. The van der Waals surface area contributed by atoms with E-state index < -0.39 is 16.1 Å². The van der Waals surface area contributed by atoms with E-state index in [1.165, 1.54) is 11.8 Å². The Hall–Kier alpha value is -1.16. The molecule has 0 saturated carbocycles. The first kappa shape index (κ1) is 16.9. The number of sulfonamides is 1. The molecule has 1 aromatic carbocycles. The Balaban J connectivity index is 2.46. The van der Waals surface area contributed by atoms with Crippen molar-refractivity contribution in [3.63, 3.8) is 0 Å². The van der Waals surface area contributed by atoms with Gasteiger partial charge in [-0.05, 0) is 24.6 Å². The van der Waals surface area contributed by atoms with Crippen LogP contribution < -0.4 is 10.5 Å². The van der Waals surface area contributed by atoms with E-state index in [-0.39, 0.29) is 5.75 Å². The average Bonchev–Trinajstić information content (AvgIpc) is 2.38. The lowest BCUT2D eigenvalue weighted by atomic mass is 10.2. The fourth-order valence-corrected chi connectivity index (χ4v) is 4.19. The SMILES string of the molecule is C#CC(CCC)NS(=O)(=O)CCSc1cccc(N)c1. The van der Waals surface area contributed by atoms with Crippen molar-refractivity contribution in [1.29, 1.82) is 0 Å². The molecular weight excluding hydrogens is 292 g/mol. The standard InChI is InChI=1S/C14H20N2O2S2/c1-3-6-13(4-2)16-20(17,18)10-9-19-14-8-5-7-12(15)11-14/h2,5,7-8,11,13,16H,3,6,9-10,15H2,1H3. The number of terminal acetylenes is 1. The van der Waals surface area contributed by atoms with Crippen LogP contribution >= 0.6 is 11.8 Å². The van der Waals surface area contributed by atoms with Crippen molar-refractivity contribution >= 4 is 27.5 Å². The van der Waals surface area contributed by atoms with Crippen molar-refractivity contribution in [1.82, 2.24) is 4.72 Å². The van der Waals surface area contributed by atoms with Gasteiger partial charge < -0.3 is 5.73 Å². The predicted octanol–water partition coefficient (Wildman–Crippen LogP) is 2.08. The van der Waals surface area contributed by atoms with E-state index in [1.807, 2.05) is 25.1 Å². The van der Waals surface area contributed by atoms with Gasteiger partial charge in [-0.2, -0.15) is 0 Å². The molecule has 1 unspecified atom stereocenters. The van der Waals surface area contributed by atoms with Crippen LogP contribution in [0.3, 0.4) is 0 Å². The van der Waals surface area contributed by atoms with Crippen LogP contribution in [0.2, 0.25) is 0 Å². The van der Waals surface area contributed by atoms with Crippen LogP contribution in [0.4, 0.5) is 5.69 Å². The first-order valence-electron chi connectivity index (χ1n) is 6.41. The lowest BCUT2D eigenvalue weighted by Gasteiger charge is -2.12. The number of nitrogen functional groups attached to an aromatic ring is 1. The molecule has 0 aliphatic rings. The van der Waals surface area contributed by atoms with E-state index in [4.69, 9.17) is 12.2 Å². The number of rotatable bonds is 8. The molecule has 0 amide bonds. The topological polar surface area (TPSA) is 72.2 Å². The van der Waals surface area contributed by atoms with Crippen LogP contribution in [0.25, 0.3) is 0 Å². The maximum absolute atomic E-state index is 11.9. The van der Waals surface area contributed by atoms with Crippen LogP contribution in [0.15, 0.2) is 29.2 Å². The van der Waals surface area contributed by atoms with Gasteiger partial charge in [-0.25, -0.2) is 13.1 Å². The number of hydrogen-bond acceptors (Lipinski definition) is 4. The van der Waals surface area contributed by atoms with Crippen molar-refractivity contribution in [3.8, 4) is 12.3 Å². The third-order valence-electron chi connectivity index (χ3n) is 2.58. The first-order chi connectivity index (χ1) is 9.46. The molecule has 20 heavy (non-hydrogen) atoms. The molecule has 110 valence electrons. The summed E-state index contributed by atoms with van der Waals surface area (Å²) in [4.78, 5) is 0.960. The number of hydrogen-bond donors (Lipinski definition) is 2. The minimum Gasteiger partial charge on any atom is -0.399 e. The van der Waals surface area contributed by atoms with Gasteiger partial charge in [-0.1, -0.05) is 25.3 Å². The summed E-state index contributed by atoms with van der Waals surface area (Å²) in [6.45, 7) is 1.97. The first-order valence-corrected chi connectivity index (χ1v) is 9.05. The lowest BCUT2D eigenvalue weighted by Crippen LogP contribution is -2.35. The zero-order chi connectivity index (χ0) is 15.0. The zero-order valence-electron chi connectivity index (χ0n) is 11.5. The Morgan fingerprint density at radius 3 is 2.85 bits per heavy atom. The Morgan fingerprint density at radius 2 is 2.25 bits per heavy atom. The monoisotopic (exact) mass is 312 g/mol.